The molecule has 114 valence electrons. The van der Waals surface area contributed by atoms with Gasteiger partial charge in [-0.3, -0.25) is 4.90 Å². The first-order valence-corrected chi connectivity index (χ1v) is 9.88. The molecule has 1 aromatic heterocycles. The summed E-state index contributed by atoms with van der Waals surface area (Å²) in [5, 5.41) is 3.19. The van der Waals surface area contributed by atoms with E-state index in [1.807, 2.05) is 6.92 Å². The molecular weight excluding hydrogens is 294 g/mol. The van der Waals surface area contributed by atoms with Crippen molar-refractivity contribution < 1.29 is 8.42 Å². The first-order valence-electron chi connectivity index (χ1n) is 6.94. The molecule has 0 aromatic carbocycles. The first-order chi connectivity index (χ1) is 9.35. The minimum Gasteiger partial charge on any atom is -0.343 e. The quantitative estimate of drug-likeness (QED) is 0.821. The number of nitrogens with zero attached hydrogens (tertiary/aromatic N) is 3. The van der Waals surface area contributed by atoms with Crippen LogP contribution in [0.1, 0.15) is 19.0 Å². The summed E-state index contributed by atoms with van der Waals surface area (Å²) in [5.74, 6) is 0.285. The van der Waals surface area contributed by atoms with Crippen LogP contribution in [0.5, 0.6) is 0 Å². The number of sulfone groups is 1. The van der Waals surface area contributed by atoms with Crippen molar-refractivity contribution in [2.24, 2.45) is 0 Å². The van der Waals surface area contributed by atoms with Crippen LogP contribution in [0.3, 0.4) is 0 Å². The van der Waals surface area contributed by atoms with Gasteiger partial charge in [0.2, 0.25) is 0 Å². The molecule has 1 aromatic rings. The molecule has 1 fully saturated rings. The number of hydrogen-bond donors (Lipinski definition) is 0. The van der Waals surface area contributed by atoms with E-state index in [0.29, 0.717) is 6.04 Å². The lowest BCUT2D eigenvalue weighted by Gasteiger charge is -2.39. The highest BCUT2D eigenvalue weighted by atomic mass is 32.2. The highest BCUT2D eigenvalue weighted by molar-refractivity contribution is 7.90. The highest BCUT2D eigenvalue weighted by Crippen LogP contribution is 2.24. The molecule has 5 nitrogen and oxygen atoms in total. The zero-order valence-electron chi connectivity index (χ0n) is 12.4. The van der Waals surface area contributed by atoms with Crippen molar-refractivity contribution in [2.45, 2.75) is 26.3 Å². The van der Waals surface area contributed by atoms with E-state index in [9.17, 15) is 8.42 Å². The van der Waals surface area contributed by atoms with Crippen LogP contribution in [0.2, 0.25) is 0 Å². The maximum absolute atomic E-state index is 11.1. The number of piperazine rings is 1. The van der Waals surface area contributed by atoms with E-state index in [1.165, 1.54) is 6.26 Å². The molecule has 0 N–H and O–H groups in total. The topological polar surface area (TPSA) is 53.5 Å². The highest BCUT2D eigenvalue weighted by Gasteiger charge is 2.25. The van der Waals surface area contributed by atoms with Crippen LogP contribution in [-0.2, 0) is 9.84 Å². The van der Waals surface area contributed by atoms with E-state index in [2.05, 4.69) is 27.1 Å². The molecule has 7 heteroatoms. The Labute approximate surface area is 125 Å². The summed E-state index contributed by atoms with van der Waals surface area (Å²) in [6.45, 7) is 8.01. The maximum Gasteiger partial charge on any atom is 0.185 e. The third kappa shape index (κ3) is 4.43. The predicted octanol–water partition coefficient (Wildman–Crippen LogP) is 1.40. The molecule has 1 aliphatic rings. The van der Waals surface area contributed by atoms with Crippen molar-refractivity contribution in [1.29, 1.82) is 0 Å². The van der Waals surface area contributed by atoms with Crippen molar-refractivity contribution in [1.82, 2.24) is 9.88 Å². The third-order valence-corrected chi connectivity index (χ3v) is 5.58. The Morgan fingerprint density at radius 2 is 2.20 bits per heavy atom. The largest absolute Gasteiger partial charge is 0.343 e. The zero-order valence-corrected chi connectivity index (χ0v) is 14.0. The average Bonchev–Trinajstić information content (AvgIpc) is 2.74. The molecule has 0 aliphatic carbocycles. The summed E-state index contributed by atoms with van der Waals surface area (Å²) < 4.78 is 22.3. The van der Waals surface area contributed by atoms with Crippen LogP contribution in [0.4, 0.5) is 5.13 Å². The van der Waals surface area contributed by atoms with Gasteiger partial charge in [-0.25, -0.2) is 13.4 Å². The number of aromatic nitrogens is 1. The van der Waals surface area contributed by atoms with Crippen molar-refractivity contribution in [2.75, 3.05) is 43.1 Å². The van der Waals surface area contributed by atoms with E-state index in [0.717, 1.165) is 43.4 Å². The lowest BCUT2D eigenvalue weighted by Crippen LogP contribution is -2.52. The second kappa shape index (κ2) is 6.41. The van der Waals surface area contributed by atoms with Gasteiger partial charge in [0.1, 0.15) is 9.84 Å². The van der Waals surface area contributed by atoms with Gasteiger partial charge >= 0.3 is 0 Å². The Balaban J connectivity index is 1.83. The Morgan fingerprint density at radius 3 is 2.75 bits per heavy atom. The molecule has 20 heavy (non-hydrogen) atoms. The standard InChI is InChI=1S/C13H23N3O2S2/c1-11-10-19-13(14-11)16-7-6-15(9-12(16)2)5-4-8-20(3,17)18/h10,12H,4-9H2,1-3H3/t12-/m0/s1. The molecule has 0 spiro atoms. The van der Waals surface area contributed by atoms with Crippen LogP contribution in [0.15, 0.2) is 5.38 Å². The molecule has 2 rings (SSSR count). The normalized spacial score (nSPS) is 21.4. The van der Waals surface area contributed by atoms with E-state index in [-0.39, 0.29) is 5.75 Å². The summed E-state index contributed by atoms with van der Waals surface area (Å²) >= 11 is 1.70. The smallest absolute Gasteiger partial charge is 0.185 e. The predicted molar refractivity (Wildman–Crippen MR) is 84.4 cm³/mol. The lowest BCUT2D eigenvalue weighted by molar-refractivity contribution is 0.229. The Morgan fingerprint density at radius 1 is 1.45 bits per heavy atom. The number of hydrogen-bond acceptors (Lipinski definition) is 6. The number of anilines is 1. The van der Waals surface area contributed by atoms with Crippen LogP contribution >= 0.6 is 11.3 Å². The SMILES string of the molecule is Cc1csc(N2CCN(CCCS(C)(=O)=O)C[C@@H]2C)n1. The van der Waals surface area contributed by atoms with Gasteiger partial charge in [-0.15, -0.1) is 11.3 Å². The number of thiazole rings is 1. The second-order valence-corrected chi connectivity index (χ2v) is 8.69. The zero-order chi connectivity index (χ0) is 14.8. The van der Waals surface area contributed by atoms with Gasteiger partial charge in [0.25, 0.3) is 0 Å². The Hall–Kier alpha value is -0.660. The van der Waals surface area contributed by atoms with E-state index < -0.39 is 9.84 Å². The van der Waals surface area contributed by atoms with Gasteiger partial charge in [-0.05, 0) is 26.8 Å². The van der Waals surface area contributed by atoms with Crippen molar-refractivity contribution in [3.63, 3.8) is 0 Å². The monoisotopic (exact) mass is 317 g/mol. The van der Waals surface area contributed by atoms with Gasteiger partial charge in [-0.2, -0.15) is 0 Å². The fraction of sp³-hybridized carbons (Fsp3) is 0.769. The summed E-state index contributed by atoms with van der Waals surface area (Å²) in [4.78, 5) is 9.26. The van der Waals surface area contributed by atoms with E-state index in [4.69, 9.17) is 0 Å². The first kappa shape index (κ1) is 15.7. The molecule has 1 atom stereocenters. The Kier molecular flexibility index (Phi) is 5.04. The fourth-order valence-corrected chi connectivity index (χ4v) is 4.13. The molecule has 0 amide bonds. The van der Waals surface area contributed by atoms with Gasteiger partial charge in [0.05, 0.1) is 11.4 Å². The Bertz CT molecular complexity index is 542. The minimum atomic E-state index is -2.83. The van der Waals surface area contributed by atoms with Crippen LogP contribution in [0.25, 0.3) is 0 Å². The number of rotatable bonds is 5. The van der Waals surface area contributed by atoms with Gasteiger partial charge in [0, 0.05) is 37.3 Å². The maximum atomic E-state index is 11.1. The van der Waals surface area contributed by atoms with Gasteiger partial charge < -0.3 is 4.90 Å². The van der Waals surface area contributed by atoms with Crippen LogP contribution in [-0.4, -0.2) is 62.5 Å². The summed E-state index contributed by atoms with van der Waals surface area (Å²) in [6, 6.07) is 0.424. The summed E-state index contributed by atoms with van der Waals surface area (Å²) in [7, 11) is -2.83. The summed E-state index contributed by atoms with van der Waals surface area (Å²) in [5.41, 5.74) is 1.08. The van der Waals surface area contributed by atoms with Gasteiger partial charge in [-0.1, -0.05) is 0 Å². The molecule has 0 unspecified atom stereocenters. The number of aryl methyl sites for hydroxylation is 1. The second-order valence-electron chi connectivity index (χ2n) is 5.60. The van der Waals surface area contributed by atoms with Crippen molar-refractivity contribution in [3.05, 3.63) is 11.1 Å². The van der Waals surface area contributed by atoms with E-state index >= 15 is 0 Å². The minimum absolute atomic E-state index is 0.285. The molecule has 1 aliphatic heterocycles. The van der Waals surface area contributed by atoms with E-state index in [1.54, 1.807) is 11.3 Å². The fourth-order valence-electron chi connectivity index (χ4n) is 2.54. The van der Waals surface area contributed by atoms with Crippen molar-refractivity contribution >= 4 is 26.3 Å². The summed E-state index contributed by atoms with van der Waals surface area (Å²) in [6.07, 6.45) is 2.03. The lowest BCUT2D eigenvalue weighted by atomic mass is 10.2. The van der Waals surface area contributed by atoms with Gasteiger partial charge in [0.15, 0.2) is 5.13 Å². The molecule has 0 radical (unpaired) electrons. The molecule has 1 saturated heterocycles. The van der Waals surface area contributed by atoms with Crippen LogP contribution < -0.4 is 4.90 Å². The molecule has 2 heterocycles. The van der Waals surface area contributed by atoms with Crippen LogP contribution in [0, 0.1) is 6.92 Å². The van der Waals surface area contributed by atoms with Crippen molar-refractivity contribution in [3.8, 4) is 0 Å². The third-order valence-electron chi connectivity index (χ3n) is 3.55. The molecule has 0 saturated carbocycles. The molecule has 0 bridgehead atoms. The molecular formula is C13H23N3O2S2. The average molecular weight is 317 g/mol.